The lowest BCUT2D eigenvalue weighted by atomic mass is 10.1. The lowest BCUT2D eigenvalue weighted by molar-refractivity contribution is 0.0594. The van der Waals surface area contributed by atoms with Gasteiger partial charge in [0.15, 0.2) is 6.29 Å². The average molecular weight is 327 g/mol. The fourth-order valence-corrected chi connectivity index (χ4v) is 2.92. The van der Waals surface area contributed by atoms with E-state index in [1.165, 1.54) is 0 Å². The fraction of sp³-hybridized carbons (Fsp3) is 0.389. The second-order valence-corrected chi connectivity index (χ2v) is 5.89. The van der Waals surface area contributed by atoms with Crippen LogP contribution in [0.15, 0.2) is 30.3 Å². The predicted molar refractivity (Wildman–Crippen MR) is 91.4 cm³/mol. The third kappa shape index (κ3) is 3.60. The molecule has 2 heterocycles. The summed E-state index contributed by atoms with van der Waals surface area (Å²) in [4.78, 5) is 31.9. The second kappa shape index (κ2) is 7.51. The molecule has 0 spiro atoms. The zero-order valence-electron chi connectivity index (χ0n) is 13.8. The summed E-state index contributed by atoms with van der Waals surface area (Å²) < 4.78 is 5.10. The Kier molecular flexibility index (Phi) is 5.17. The third-order valence-electron chi connectivity index (χ3n) is 4.35. The molecular formula is C18H21N3O3. The monoisotopic (exact) mass is 327 g/mol. The number of carbonyl (C=O) groups excluding carboxylic acids is 2. The van der Waals surface area contributed by atoms with Crippen LogP contribution in [0.3, 0.4) is 0 Å². The first kappa shape index (κ1) is 16.5. The number of rotatable bonds is 5. The first-order valence-corrected chi connectivity index (χ1v) is 8.08. The van der Waals surface area contributed by atoms with Crippen molar-refractivity contribution in [3.8, 4) is 0 Å². The maximum Gasteiger partial charge on any atom is 0.253 e. The first-order chi connectivity index (χ1) is 11.7. The van der Waals surface area contributed by atoms with Gasteiger partial charge >= 0.3 is 0 Å². The molecule has 1 aliphatic rings. The lowest BCUT2D eigenvalue weighted by Gasteiger charge is -2.34. The van der Waals surface area contributed by atoms with E-state index in [-0.39, 0.29) is 5.91 Å². The van der Waals surface area contributed by atoms with Gasteiger partial charge in [-0.05, 0) is 24.3 Å². The number of aromatic nitrogens is 1. The molecule has 1 fully saturated rings. The smallest absolute Gasteiger partial charge is 0.253 e. The van der Waals surface area contributed by atoms with Gasteiger partial charge < -0.3 is 9.64 Å². The lowest BCUT2D eigenvalue weighted by Crippen LogP contribution is -2.49. The van der Waals surface area contributed by atoms with Gasteiger partial charge in [-0.3, -0.25) is 14.5 Å². The van der Waals surface area contributed by atoms with Gasteiger partial charge in [-0.1, -0.05) is 6.07 Å². The van der Waals surface area contributed by atoms with Crippen LogP contribution >= 0.6 is 0 Å². The number of ether oxygens (including phenoxy) is 1. The van der Waals surface area contributed by atoms with Gasteiger partial charge in [0.05, 0.1) is 12.1 Å². The maximum absolute atomic E-state index is 12.7. The van der Waals surface area contributed by atoms with E-state index in [4.69, 9.17) is 4.74 Å². The van der Waals surface area contributed by atoms with E-state index in [0.29, 0.717) is 17.9 Å². The number of hydrogen-bond donors (Lipinski definition) is 0. The molecule has 1 amide bonds. The largest absolute Gasteiger partial charge is 0.383 e. The molecule has 0 bridgehead atoms. The van der Waals surface area contributed by atoms with Gasteiger partial charge in [0, 0.05) is 50.8 Å². The summed E-state index contributed by atoms with van der Waals surface area (Å²) in [6, 6.07) is 8.91. The van der Waals surface area contributed by atoms with Gasteiger partial charge in [0.25, 0.3) is 5.91 Å². The zero-order valence-corrected chi connectivity index (χ0v) is 13.8. The number of pyridine rings is 1. The minimum atomic E-state index is 0.0442. The van der Waals surface area contributed by atoms with Crippen LogP contribution in [-0.2, 0) is 4.74 Å². The first-order valence-electron chi connectivity index (χ1n) is 8.08. The van der Waals surface area contributed by atoms with Gasteiger partial charge in [-0.2, -0.15) is 0 Å². The van der Waals surface area contributed by atoms with Crippen molar-refractivity contribution in [2.75, 3.05) is 46.4 Å². The summed E-state index contributed by atoms with van der Waals surface area (Å²) in [6.07, 6.45) is 0.724. The van der Waals surface area contributed by atoms with Crippen molar-refractivity contribution in [2.45, 2.75) is 0 Å². The van der Waals surface area contributed by atoms with E-state index in [1.54, 1.807) is 25.3 Å². The summed E-state index contributed by atoms with van der Waals surface area (Å²) in [6.45, 7) is 4.80. The molecule has 1 aromatic carbocycles. The van der Waals surface area contributed by atoms with E-state index >= 15 is 0 Å². The Balaban J connectivity index is 1.69. The Morgan fingerprint density at radius 3 is 2.71 bits per heavy atom. The average Bonchev–Trinajstić information content (AvgIpc) is 2.65. The molecule has 0 aliphatic carbocycles. The van der Waals surface area contributed by atoms with Crippen molar-refractivity contribution >= 4 is 23.1 Å². The van der Waals surface area contributed by atoms with Crippen LogP contribution in [0.4, 0.5) is 0 Å². The van der Waals surface area contributed by atoms with E-state index in [1.807, 2.05) is 17.0 Å². The van der Waals surface area contributed by atoms with Gasteiger partial charge in [0.2, 0.25) is 0 Å². The molecule has 1 aliphatic heterocycles. The van der Waals surface area contributed by atoms with Crippen LogP contribution < -0.4 is 0 Å². The predicted octanol–water partition coefficient (Wildman–Crippen LogP) is 1.45. The number of nitrogens with zero attached hydrogens (tertiary/aromatic N) is 3. The van der Waals surface area contributed by atoms with E-state index < -0.39 is 0 Å². The Morgan fingerprint density at radius 1 is 1.21 bits per heavy atom. The molecule has 3 rings (SSSR count). The van der Waals surface area contributed by atoms with Crippen molar-refractivity contribution in [1.82, 2.24) is 14.8 Å². The Hall–Kier alpha value is -2.31. The minimum Gasteiger partial charge on any atom is -0.383 e. The number of benzene rings is 1. The van der Waals surface area contributed by atoms with E-state index in [0.717, 1.165) is 49.9 Å². The van der Waals surface area contributed by atoms with Crippen LogP contribution in [-0.4, -0.2) is 73.4 Å². The number of piperazine rings is 1. The van der Waals surface area contributed by atoms with Gasteiger partial charge in [-0.15, -0.1) is 0 Å². The summed E-state index contributed by atoms with van der Waals surface area (Å²) in [5.74, 6) is 0.0442. The molecule has 0 unspecified atom stereocenters. The number of carbonyl (C=O) groups is 2. The second-order valence-electron chi connectivity index (χ2n) is 5.89. The number of amides is 1. The van der Waals surface area contributed by atoms with Crippen molar-refractivity contribution in [2.24, 2.45) is 0 Å². The van der Waals surface area contributed by atoms with Crippen LogP contribution in [0.1, 0.15) is 20.8 Å². The Bertz CT molecular complexity index is 739. The molecule has 126 valence electrons. The molecule has 6 heteroatoms. The molecule has 0 radical (unpaired) electrons. The van der Waals surface area contributed by atoms with E-state index in [9.17, 15) is 9.59 Å². The van der Waals surface area contributed by atoms with Crippen LogP contribution in [0.2, 0.25) is 0 Å². The van der Waals surface area contributed by atoms with Crippen molar-refractivity contribution in [3.63, 3.8) is 0 Å². The maximum atomic E-state index is 12.7. The SMILES string of the molecule is COCCN1CCN(C(=O)c2ccc3nc(C=O)ccc3c2)CC1. The highest BCUT2D eigenvalue weighted by Crippen LogP contribution is 2.17. The van der Waals surface area contributed by atoms with Crippen molar-refractivity contribution < 1.29 is 14.3 Å². The Labute approximate surface area is 141 Å². The van der Waals surface area contributed by atoms with Crippen molar-refractivity contribution in [3.05, 3.63) is 41.6 Å². The Morgan fingerprint density at radius 2 is 2.00 bits per heavy atom. The highest BCUT2D eigenvalue weighted by atomic mass is 16.5. The van der Waals surface area contributed by atoms with E-state index in [2.05, 4.69) is 9.88 Å². The highest BCUT2D eigenvalue weighted by molar-refractivity contribution is 5.98. The molecule has 1 saturated heterocycles. The number of fused-ring (bicyclic) bond motifs is 1. The number of hydrogen-bond acceptors (Lipinski definition) is 5. The highest BCUT2D eigenvalue weighted by Gasteiger charge is 2.22. The fourth-order valence-electron chi connectivity index (χ4n) is 2.92. The molecule has 0 N–H and O–H groups in total. The summed E-state index contributed by atoms with van der Waals surface area (Å²) in [5.41, 5.74) is 1.78. The van der Waals surface area contributed by atoms with Crippen LogP contribution in [0.5, 0.6) is 0 Å². The molecule has 1 aromatic heterocycles. The molecular weight excluding hydrogens is 306 g/mol. The molecule has 24 heavy (non-hydrogen) atoms. The summed E-state index contributed by atoms with van der Waals surface area (Å²) in [7, 11) is 1.70. The van der Waals surface area contributed by atoms with Crippen LogP contribution in [0.25, 0.3) is 10.9 Å². The molecule has 2 aromatic rings. The topological polar surface area (TPSA) is 62.7 Å². The standard InChI is InChI=1S/C18H21N3O3/c1-24-11-10-20-6-8-21(9-7-20)18(23)15-3-5-17-14(12-15)2-4-16(13-22)19-17/h2-5,12-13H,6-11H2,1H3. The van der Waals surface area contributed by atoms with Gasteiger partial charge in [0.1, 0.15) is 5.69 Å². The normalized spacial score (nSPS) is 15.6. The summed E-state index contributed by atoms with van der Waals surface area (Å²) in [5, 5.41) is 0.866. The third-order valence-corrected chi connectivity index (χ3v) is 4.35. The number of methoxy groups -OCH3 is 1. The summed E-state index contributed by atoms with van der Waals surface area (Å²) >= 11 is 0. The molecule has 6 nitrogen and oxygen atoms in total. The van der Waals surface area contributed by atoms with Crippen molar-refractivity contribution in [1.29, 1.82) is 0 Å². The number of aldehydes is 1. The van der Waals surface area contributed by atoms with Gasteiger partial charge in [-0.25, -0.2) is 4.98 Å². The molecule has 0 saturated carbocycles. The zero-order chi connectivity index (χ0) is 16.9. The van der Waals surface area contributed by atoms with Crippen LogP contribution in [0, 0.1) is 0 Å². The quantitative estimate of drug-likeness (QED) is 0.778. The minimum absolute atomic E-state index is 0.0442. The molecule has 0 atom stereocenters.